The standard InChI is InChI=1S/C22H22FN3O4/c1-14(21(27)25(2)3)30-22(28)19-13-26(17-10-8-16(23)9-11-17)24-20(19)15-6-5-7-18(12-15)29-4/h5-14H,1-4H3/t14-/m0/s1. The van der Waals surface area contributed by atoms with Crippen molar-refractivity contribution in [1.29, 1.82) is 0 Å². The zero-order valence-corrected chi connectivity index (χ0v) is 17.1. The number of carbonyl (C=O) groups is 2. The van der Waals surface area contributed by atoms with Crippen LogP contribution in [0.15, 0.2) is 54.7 Å². The van der Waals surface area contributed by atoms with Crippen LogP contribution in [0, 0.1) is 5.82 Å². The van der Waals surface area contributed by atoms with E-state index >= 15 is 0 Å². The molecule has 0 fully saturated rings. The highest BCUT2D eigenvalue weighted by Crippen LogP contribution is 2.28. The summed E-state index contributed by atoms with van der Waals surface area (Å²) in [4.78, 5) is 26.3. The highest BCUT2D eigenvalue weighted by atomic mass is 19.1. The average Bonchev–Trinajstić information content (AvgIpc) is 3.19. The Balaban J connectivity index is 2.04. The molecule has 1 atom stereocenters. The number of carbonyl (C=O) groups excluding carboxylic acids is 2. The van der Waals surface area contributed by atoms with Gasteiger partial charge in [0, 0.05) is 25.9 Å². The first-order chi connectivity index (χ1) is 14.3. The fourth-order valence-electron chi connectivity index (χ4n) is 2.87. The molecule has 0 aliphatic rings. The van der Waals surface area contributed by atoms with Crippen LogP contribution in [-0.4, -0.2) is 53.9 Å². The second kappa shape index (κ2) is 8.77. The molecule has 0 unspecified atom stereocenters. The predicted octanol–water partition coefficient (Wildman–Crippen LogP) is 3.32. The minimum atomic E-state index is -0.958. The maximum atomic E-state index is 13.3. The number of methoxy groups -OCH3 is 1. The highest BCUT2D eigenvalue weighted by molar-refractivity contribution is 5.97. The van der Waals surface area contributed by atoms with E-state index in [9.17, 15) is 14.0 Å². The number of hydrogen-bond acceptors (Lipinski definition) is 5. The Hall–Kier alpha value is -3.68. The van der Waals surface area contributed by atoms with Gasteiger partial charge in [0.2, 0.25) is 0 Å². The van der Waals surface area contributed by atoms with Gasteiger partial charge in [0.1, 0.15) is 22.8 Å². The third-order valence-corrected chi connectivity index (χ3v) is 4.44. The van der Waals surface area contributed by atoms with Crippen molar-refractivity contribution in [3.8, 4) is 22.7 Å². The first-order valence-electron chi connectivity index (χ1n) is 9.22. The van der Waals surface area contributed by atoms with Crippen LogP contribution in [0.1, 0.15) is 17.3 Å². The number of aromatic nitrogens is 2. The van der Waals surface area contributed by atoms with Crippen molar-refractivity contribution in [2.75, 3.05) is 21.2 Å². The molecule has 1 amide bonds. The molecule has 0 saturated heterocycles. The summed E-state index contributed by atoms with van der Waals surface area (Å²) in [7, 11) is 4.71. The zero-order chi connectivity index (χ0) is 21.8. The van der Waals surface area contributed by atoms with Gasteiger partial charge in [0.05, 0.1) is 12.8 Å². The van der Waals surface area contributed by atoms with Gasteiger partial charge in [-0.2, -0.15) is 5.10 Å². The van der Waals surface area contributed by atoms with Crippen molar-refractivity contribution in [2.24, 2.45) is 0 Å². The molecule has 1 heterocycles. The number of esters is 1. The lowest BCUT2D eigenvalue weighted by molar-refractivity contribution is -0.137. The van der Waals surface area contributed by atoms with Gasteiger partial charge in [0.25, 0.3) is 5.91 Å². The lowest BCUT2D eigenvalue weighted by Gasteiger charge is -2.17. The van der Waals surface area contributed by atoms with E-state index in [1.807, 2.05) is 0 Å². The van der Waals surface area contributed by atoms with E-state index < -0.39 is 12.1 Å². The van der Waals surface area contributed by atoms with E-state index in [4.69, 9.17) is 9.47 Å². The zero-order valence-electron chi connectivity index (χ0n) is 17.1. The lowest BCUT2D eigenvalue weighted by atomic mass is 10.1. The third kappa shape index (κ3) is 4.48. The molecule has 156 valence electrons. The Morgan fingerprint density at radius 3 is 2.47 bits per heavy atom. The molecular formula is C22H22FN3O4. The van der Waals surface area contributed by atoms with Gasteiger partial charge in [-0.25, -0.2) is 13.9 Å². The smallest absolute Gasteiger partial charge is 0.342 e. The summed E-state index contributed by atoms with van der Waals surface area (Å²) in [6.07, 6.45) is 0.539. The van der Waals surface area contributed by atoms with E-state index in [2.05, 4.69) is 5.10 Å². The van der Waals surface area contributed by atoms with Crippen LogP contribution >= 0.6 is 0 Å². The SMILES string of the molecule is COc1cccc(-c2nn(-c3ccc(F)cc3)cc2C(=O)O[C@@H](C)C(=O)N(C)C)c1. The first-order valence-corrected chi connectivity index (χ1v) is 9.22. The van der Waals surface area contributed by atoms with E-state index in [1.165, 1.54) is 34.8 Å². The van der Waals surface area contributed by atoms with Crippen molar-refractivity contribution < 1.29 is 23.5 Å². The largest absolute Gasteiger partial charge is 0.497 e. The molecule has 0 N–H and O–H groups in total. The number of amides is 1. The molecule has 3 aromatic rings. The summed E-state index contributed by atoms with van der Waals surface area (Å²) >= 11 is 0. The van der Waals surface area contributed by atoms with Crippen LogP contribution < -0.4 is 4.74 Å². The Morgan fingerprint density at radius 2 is 1.83 bits per heavy atom. The molecule has 0 aliphatic heterocycles. The predicted molar refractivity (Wildman–Crippen MR) is 109 cm³/mol. The van der Waals surface area contributed by atoms with Crippen LogP contribution in [0.4, 0.5) is 4.39 Å². The first kappa shape index (κ1) is 21.0. The van der Waals surface area contributed by atoms with Crippen molar-refractivity contribution in [3.05, 3.63) is 66.1 Å². The minimum absolute atomic E-state index is 0.172. The van der Waals surface area contributed by atoms with Crippen LogP contribution in [0.25, 0.3) is 16.9 Å². The third-order valence-electron chi connectivity index (χ3n) is 4.44. The van der Waals surface area contributed by atoms with E-state index in [0.29, 0.717) is 22.7 Å². The number of nitrogens with zero attached hydrogens (tertiary/aromatic N) is 3. The van der Waals surface area contributed by atoms with E-state index in [1.54, 1.807) is 57.6 Å². The van der Waals surface area contributed by atoms with Gasteiger partial charge >= 0.3 is 5.97 Å². The van der Waals surface area contributed by atoms with Crippen molar-refractivity contribution in [2.45, 2.75) is 13.0 Å². The maximum Gasteiger partial charge on any atom is 0.342 e. The molecule has 0 radical (unpaired) electrons. The summed E-state index contributed by atoms with van der Waals surface area (Å²) in [5, 5.41) is 4.51. The van der Waals surface area contributed by atoms with Gasteiger partial charge in [0.15, 0.2) is 6.10 Å². The van der Waals surface area contributed by atoms with Gasteiger partial charge < -0.3 is 14.4 Å². The molecule has 30 heavy (non-hydrogen) atoms. The Kier molecular flexibility index (Phi) is 6.15. The molecule has 0 aliphatic carbocycles. The number of ether oxygens (including phenoxy) is 2. The van der Waals surface area contributed by atoms with Crippen molar-refractivity contribution >= 4 is 11.9 Å². The fourth-order valence-corrected chi connectivity index (χ4v) is 2.87. The number of likely N-dealkylation sites (N-methyl/N-ethyl adjacent to an activating group) is 1. The van der Waals surface area contributed by atoms with Gasteiger partial charge in [-0.3, -0.25) is 4.79 Å². The second-order valence-electron chi connectivity index (χ2n) is 6.82. The Bertz CT molecular complexity index is 1060. The van der Waals surface area contributed by atoms with Crippen LogP contribution in [0.2, 0.25) is 0 Å². The van der Waals surface area contributed by atoms with E-state index in [0.717, 1.165) is 0 Å². The monoisotopic (exact) mass is 411 g/mol. The van der Waals surface area contributed by atoms with Gasteiger partial charge in [-0.05, 0) is 43.3 Å². The quantitative estimate of drug-likeness (QED) is 0.582. The highest BCUT2D eigenvalue weighted by Gasteiger charge is 2.25. The van der Waals surface area contributed by atoms with Gasteiger partial charge in [-0.1, -0.05) is 12.1 Å². The van der Waals surface area contributed by atoms with E-state index in [-0.39, 0.29) is 17.3 Å². The van der Waals surface area contributed by atoms with Crippen LogP contribution in [-0.2, 0) is 9.53 Å². The Labute approximate surface area is 173 Å². The summed E-state index contributed by atoms with van der Waals surface area (Å²) in [5.41, 5.74) is 1.73. The lowest BCUT2D eigenvalue weighted by Crippen LogP contribution is -2.34. The summed E-state index contributed by atoms with van der Waals surface area (Å²) < 4.78 is 25.4. The second-order valence-corrected chi connectivity index (χ2v) is 6.82. The summed E-state index contributed by atoms with van der Waals surface area (Å²) in [6.45, 7) is 1.51. The summed E-state index contributed by atoms with van der Waals surface area (Å²) in [5.74, 6) is -0.810. The molecule has 3 rings (SSSR count). The maximum absolute atomic E-state index is 13.3. The van der Waals surface area contributed by atoms with Gasteiger partial charge in [-0.15, -0.1) is 0 Å². The summed E-state index contributed by atoms with van der Waals surface area (Å²) in [6, 6.07) is 12.8. The molecule has 0 saturated carbocycles. The topological polar surface area (TPSA) is 73.7 Å². The molecule has 7 nitrogen and oxygen atoms in total. The Morgan fingerprint density at radius 1 is 1.13 bits per heavy atom. The molecule has 0 bridgehead atoms. The normalized spacial score (nSPS) is 11.6. The number of benzene rings is 2. The van der Waals surface area contributed by atoms with Crippen molar-refractivity contribution in [1.82, 2.24) is 14.7 Å². The molecule has 1 aromatic heterocycles. The molecule has 8 heteroatoms. The van der Waals surface area contributed by atoms with Crippen molar-refractivity contribution in [3.63, 3.8) is 0 Å². The average molecular weight is 411 g/mol. The minimum Gasteiger partial charge on any atom is -0.497 e. The molecule has 0 spiro atoms. The number of halogens is 1. The number of rotatable bonds is 6. The fraction of sp³-hybridized carbons (Fsp3) is 0.227. The number of hydrogen-bond donors (Lipinski definition) is 0. The van der Waals surface area contributed by atoms with Crippen LogP contribution in [0.5, 0.6) is 5.75 Å². The molecule has 2 aromatic carbocycles. The molecular weight excluding hydrogens is 389 g/mol. The van der Waals surface area contributed by atoms with Crippen LogP contribution in [0.3, 0.4) is 0 Å².